The van der Waals surface area contributed by atoms with E-state index in [1.165, 1.54) is 0 Å². The minimum Gasteiger partial charge on any atom is -0.726 e. The molecule has 7 fully saturated rings. The molecular formula is C42H71NaO20S. The molecule has 0 aromatic rings. The van der Waals surface area contributed by atoms with E-state index in [1.54, 1.807) is 0 Å². The summed E-state index contributed by atoms with van der Waals surface area (Å²) in [6.45, 7) is 8.27. The molecule has 1 unspecified atom stereocenters. The van der Waals surface area contributed by atoms with Gasteiger partial charge in [0.15, 0.2) is 12.6 Å². The first-order valence-electron chi connectivity index (χ1n) is 22.7. The van der Waals surface area contributed by atoms with E-state index in [9.17, 15) is 69.1 Å². The number of aliphatic hydroxyl groups excluding tert-OH is 10. The van der Waals surface area contributed by atoms with Gasteiger partial charge in [0.2, 0.25) is 10.4 Å². The summed E-state index contributed by atoms with van der Waals surface area (Å²) in [5, 5.41) is 121. The number of aliphatic hydroxyl groups is 11. The van der Waals surface area contributed by atoms with Gasteiger partial charge in [-0.25, -0.2) is 8.42 Å². The summed E-state index contributed by atoms with van der Waals surface area (Å²) in [6, 6.07) is 0. The molecule has 3 heterocycles. The predicted molar refractivity (Wildman–Crippen MR) is 213 cm³/mol. The summed E-state index contributed by atoms with van der Waals surface area (Å²) < 4.78 is 69.5. The maximum Gasteiger partial charge on any atom is 1.00 e. The van der Waals surface area contributed by atoms with Gasteiger partial charge in [0.1, 0.15) is 54.9 Å². The summed E-state index contributed by atoms with van der Waals surface area (Å²) in [5.41, 5.74) is -2.76. The second-order valence-electron chi connectivity index (χ2n) is 20.8. The summed E-state index contributed by atoms with van der Waals surface area (Å²) in [7, 11) is -5.37. The molecule has 0 bridgehead atoms. The van der Waals surface area contributed by atoms with Crippen LogP contribution in [0.3, 0.4) is 0 Å². The van der Waals surface area contributed by atoms with Gasteiger partial charge in [0, 0.05) is 24.2 Å². The van der Waals surface area contributed by atoms with Crippen LogP contribution in [-0.2, 0) is 38.3 Å². The van der Waals surface area contributed by atoms with E-state index < -0.39 is 156 Å². The fourth-order valence-electron chi connectivity index (χ4n) is 14.0. The predicted octanol–water partition coefficient (Wildman–Crippen LogP) is -5.38. The van der Waals surface area contributed by atoms with E-state index in [0.29, 0.717) is 44.9 Å². The van der Waals surface area contributed by atoms with Crippen molar-refractivity contribution in [3.05, 3.63) is 0 Å². The molecule has 64 heavy (non-hydrogen) atoms. The molecule has 7 aliphatic rings. The van der Waals surface area contributed by atoms with Crippen molar-refractivity contribution >= 4 is 10.4 Å². The Bertz CT molecular complexity index is 1680. The van der Waals surface area contributed by atoms with Crippen LogP contribution in [0.4, 0.5) is 0 Å². The van der Waals surface area contributed by atoms with Crippen LogP contribution in [0.15, 0.2) is 0 Å². The van der Waals surface area contributed by atoms with Crippen LogP contribution >= 0.6 is 0 Å². The zero-order valence-corrected chi connectivity index (χ0v) is 40.4. The first-order chi connectivity index (χ1) is 29.4. The molecule has 11 N–H and O–H groups in total. The third-order valence-corrected chi connectivity index (χ3v) is 17.4. The van der Waals surface area contributed by atoms with Crippen molar-refractivity contribution in [3.63, 3.8) is 0 Å². The quantitative estimate of drug-likeness (QED) is 0.0440. The Morgan fingerprint density at radius 3 is 2.02 bits per heavy atom. The maximum atomic E-state index is 12.9. The van der Waals surface area contributed by atoms with Crippen molar-refractivity contribution in [2.75, 3.05) is 19.8 Å². The van der Waals surface area contributed by atoms with Crippen molar-refractivity contribution in [1.82, 2.24) is 0 Å². The van der Waals surface area contributed by atoms with Crippen molar-refractivity contribution < 1.29 is 127 Å². The van der Waals surface area contributed by atoms with E-state index in [1.807, 2.05) is 20.8 Å². The maximum absolute atomic E-state index is 12.9. The number of fused-ring (bicyclic) bond motifs is 5. The van der Waals surface area contributed by atoms with Crippen LogP contribution in [-0.4, -0.2) is 193 Å². The average molecular weight is 951 g/mol. The minimum absolute atomic E-state index is 0. The Balaban J connectivity index is 0.00000680. The van der Waals surface area contributed by atoms with Gasteiger partial charge in [-0.15, -0.1) is 0 Å². The minimum atomic E-state index is -5.37. The molecule has 0 aromatic carbocycles. The number of rotatable bonds is 14. The van der Waals surface area contributed by atoms with Crippen LogP contribution in [0.25, 0.3) is 0 Å². The monoisotopic (exact) mass is 950 g/mol. The summed E-state index contributed by atoms with van der Waals surface area (Å²) in [4.78, 5) is 0. The van der Waals surface area contributed by atoms with Gasteiger partial charge in [0.05, 0.1) is 55.9 Å². The molecule has 4 aliphatic carbocycles. The summed E-state index contributed by atoms with van der Waals surface area (Å²) in [6.07, 6.45) is -17.7. The van der Waals surface area contributed by atoms with Gasteiger partial charge in [-0.1, -0.05) is 34.6 Å². The zero-order valence-electron chi connectivity index (χ0n) is 37.6. The molecule has 3 saturated heterocycles. The summed E-state index contributed by atoms with van der Waals surface area (Å²) >= 11 is 0. The van der Waals surface area contributed by atoms with Gasteiger partial charge in [-0.3, -0.25) is 4.18 Å². The van der Waals surface area contributed by atoms with Gasteiger partial charge < -0.3 is 84.4 Å². The van der Waals surface area contributed by atoms with Crippen LogP contribution in [0.5, 0.6) is 0 Å². The molecule has 7 rings (SSSR count). The Kier molecular flexibility index (Phi) is 16.9. The smallest absolute Gasteiger partial charge is 0.726 e. The number of ether oxygens (including phenoxy) is 5. The first-order valence-corrected chi connectivity index (χ1v) is 24.0. The molecule has 366 valence electrons. The van der Waals surface area contributed by atoms with Crippen LogP contribution in [0.2, 0.25) is 0 Å². The second-order valence-corrected chi connectivity index (χ2v) is 21.8. The third kappa shape index (κ3) is 9.56. The van der Waals surface area contributed by atoms with Crippen LogP contribution < -0.4 is 29.6 Å². The SMILES string of the molecule is CC(C)[C@H](CC[C@@H](C)[C@H]1C[C@H](O)[C@@H]2[C@]1(C)CC[C@H]1[C@@]2(O)C[C@@H](O)C2[C@@H](O)[C@@H]([C@@H]3OC[C@@H](O)[C@H](O)[C@H]3O)CC[C@@]21C)O[C@@H]1O[C@@H](CO)[C@H](OS(=O)(=O)[O-])[C@H]1O[C@@H]1O[C@@H](CO)[C@H](O)[C@H]1O.[Na+]. The molecule has 25 atom stereocenters. The topological polar surface area (TPSA) is 335 Å². The molecule has 3 aliphatic heterocycles. The summed E-state index contributed by atoms with van der Waals surface area (Å²) in [5.74, 6) is -2.56. The van der Waals surface area contributed by atoms with Gasteiger partial charge in [-0.2, -0.15) is 0 Å². The standard InChI is InChI=1S/C42H72O20S.Na/c1-17(2)24(58-39-36(35(26(15-44)60-39)62-63(54,55)56)61-38-33(52)31(50)25(14-43)59-38)7-6-18(3)20-12-21(45)37-40(20,4)11-9-27-41(5)10-8-19(34-32(51)30(49)23(47)16-57-34)29(48)28(41)22(46)13-42(27,37)53;/h17-39,43-53H,6-16H2,1-5H3,(H,54,55,56);/q;+1/p-1/t18-,19+,20-,21+,22-,23-,24+,25+,26+,27-,28?,29+,30+,31+,32-,33-,34+,35+,36-,37-,38+,39-,40-,41-,42+;/m1./s1. The van der Waals surface area contributed by atoms with Crippen molar-refractivity contribution in [1.29, 1.82) is 0 Å². The largest absolute Gasteiger partial charge is 1.00 e. The fourth-order valence-corrected chi connectivity index (χ4v) is 14.5. The first kappa shape index (κ1) is 53.6. The van der Waals surface area contributed by atoms with Crippen molar-refractivity contribution in [3.8, 4) is 0 Å². The van der Waals surface area contributed by atoms with E-state index in [4.69, 9.17) is 27.9 Å². The second kappa shape index (κ2) is 20.2. The van der Waals surface area contributed by atoms with E-state index >= 15 is 0 Å². The van der Waals surface area contributed by atoms with E-state index in [2.05, 4.69) is 13.8 Å². The normalized spacial score (nSPS) is 51.5. The van der Waals surface area contributed by atoms with E-state index in [-0.39, 0.29) is 66.3 Å². The molecule has 20 nitrogen and oxygen atoms in total. The Morgan fingerprint density at radius 2 is 1.41 bits per heavy atom. The Morgan fingerprint density at radius 1 is 0.766 bits per heavy atom. The van der Waals surface area contributed by atoms with Crippen LogP contribution in [0.1, 0.15) is 86.0 Å². The van der Waals surface area contributed by atoms with Crippen molar-refractivity contribution in [2.45, 2.75) is 190 Å². The number of hydrogen-bond acceptors (Lipinski definition) is 20. The molecule has 4 saturated carbocycles. The molecular weight excluding hydrogens is 879 g/mol. The van der Waals surface area contributed by atoms with Crippen molar-refractivity contribution in [2.24, 2.45) is 52.3 Å². The van der Waals surface area contributed by atoms with E-state index in [0.717, 1.165) is 0 Å². The number of hydrogen-bond donors (Lipinski definition) is 11. The molecule has 0 aromatic heterocycles. The Labute approximate surface area is 396 Å². The Hall–Kier alpha value is 0.230. The van der Waals surface area contributed by atoms with Gasteiger partial charge in [0.25, 0.3) is 0 Å². The fraction of sp³-hybridized carbons (Fsp3) is 1.00. The van der Waals surface area contributed by atoms with Gasteiger partial charge in [-0.05, 0) is 79.4 Å². The average Bonchev–Trinajstić information content (AvgIpc) is 3.77. The van der Waals surface area contributed by atoms with Gasteiger partial charge >= 0.3 is 29.6 Å². The third-order valence-electron chi connectivity index (χ3n) is 17.0. The molecule has 0 spiro atoms. The van der Waals surface area contributed by atoms with Crippen LogP contribution in [0, 0.1) is 52.3 Å². The molecule has 0 radical (unpaired) electrons. The molecule has 22 heteroatoms. The zero-order chi connectivity index (χ0) is 46.3. The molecule has 0 amide bonds.